The van der Waals surface area contributed by atoms with Gasteiger partial charge in [0.2, 0.25) is 5.91 Å². The Labute approximate surface area is 122 Å². The van der Waals surface area contributed by atoms with Gasteiger partial charge in [-0.1, -0.05) is 18.5 Å². The zero-order valence-electron chi connectivity index (χ0n) is 11.2. The molecule has 1 unspecified atom stereocenters. The van der Waals surface area contributed by atoms with Crippen molar-refractivity contribution in [2.75, 3.05) is 18.4 Å². The predicted octanol–water partition coefficient (Wildman–Crippen LogP) is 1.18. The third-order valence-corrected chi connectivity index (χ3v) is 3.23. The van der Waals surface area contributed by atoms with Crippen molar-refractivity contribution < 1.29 is 9.59 Å². The average Bonchev–Trinajstić information content (AvgIpc) is 2.83. The van der Waals surface area contributed by atoms with Gasteiger partial charge in [-0.25, -0.2) is 4.98 Å². The van der Waals surface area contributed by atoms with Crippen LogP contribution in [0.3, 0.4) is 0 Å². The Kier molecular flexibility index (Phi) is 4.79. The van der Waals surface area contributed by atoms with E-state index in [9.17, 15) is 9.59 Å². The monoisotopic (exact) mass is 296 g/mol. The molecule has 1 saturated heterocycles. The van der Waals surface area contributed by atoms with Crippen LogP contribution in [0.1, 0.15) is 30.3 Å². The molecule has 3 N–H and O–H groups in total. The third kappa shape index (κ3) is 3.60. The van der Waals surface area contributed by atoms with E-state index in [1.165, 1.54) is 0 Å². The maximum Gasteiger partial charge on any atom is 0.271 e. The lowest BCUT2D eigenvalue weighted by Gasteiger charge is -2.12. The van der Waals surface area contributed by atoms with Crippen LogP contribution in [-0.4, -0.2) is 35.9 Å². The van der Waals surface area contributed by atoms with Crippen molar-refractivity contribution in [1.29, 1.82) is 0 Å². The lowest BCUT2D eigenvalue weighted by molar-refractivity contribution is -0.119. The van der Waals surface area contributed by atoms with E-state index < -0.39 is 0 Å². The van der Waals surface area contributed by atoms with Gasteiger partial charge in [0.1, 0.15) is 11.5 Å². The van der Waals surface area contributed by atoms with Crippen LogP contribution >= 0.6 is 11.6 Å². The van der Waals surface area contributed by atoms with Gasteiger partial charge < -0.3 is 16.0 Å². The number of aromatic nitrogens is 1. The van der Waals surface area contributed by atoms with Crippen molar-refractivity contribution in [3.63, 3.8) is 0 Å². The summed E-state index contributed by atoms with van der Waals surface area (Å²) in [6.45, 7) is 3.26. The van der Waals surface area contributed by atoms with Crippen LogP contribution in [0.5, 0.6) is 0 Å². The molecular formula is C13H17ClN4O2. The van der Waals surface area contributed by atoms with E-state index in [0.29, 0.717) is 17.4 Å². The summed E-state index contributed by atoms with van der Waals surface area (Å²) in [5.74, 6) is 0.186. The molecule has 2 amide bonds. The fraction of sp³-hybridized carbons (Fsp3) is 0.462. The standard InChI is InChI=1S/C13H17ClN4O2/c1-2-5-15-10-4-3-9(14)12(18-10)13(20)17-8-6-11(19)16-7-8/h3-4,8H,2,5-7H2,1H3,(H,15,18)(H,16,19)(H,17,20). The van der Waals surface area contributed by atoms with E-state index in [-0.39, 0.29) is 30.0 Å². The van der Waals surface area contributed by atoms with Crippen LogP contribution < -0.4 is 16.0 Å². The van der Waals surface area contributed by atoms with Gasteiger partial charge in [0, 0.05) is 19.5 Å². The molecule has 1 aliphatic heterocycles. The minimum absolute atomic E-state index is 0.0623. The molecule has 0 aliphatic carbocycles. The Hall–Kier alpha value is -1.82. The van der Waals surface area contributed by atoms with Crippen LogP contribution in [0.25, 0.3) is 0 Å². The van der Waals surface area contributed by atoms with Gasteiger partial charge in [0.15, 0.2) is 0 Å². The molecule has 2 rings (SSSR count). The largest absolute Gasteiger partial charge is 0.370 e. The Morgan fingerprint density at radius 2 is 2.35 bits per heavy atom. The van der Waals surface area contributed by atoms with E-state index in [2.05, 4.69) is 20.9 Å². The summed E-state index contributed by atoms with van der Waals surface area (Å²) in [4.78, 5) is 27.4. The minimum atomic E-state index is -0.364. The van der Waals surface area contributed by atoms with Crippen molar-refractivity contribution in [1.82, 2.24) is 15.6 Å². The van der Waals surface area contributed by atoms with Crippen LogP contribution in [0.2, 0.25) is 5.02 Å². The van der Waals surface area contributed by atoms with E-state index in [1.54, 1.807) is 12.1 Å². The topological polar surface area (TPSA) is 83.1 Å². The summed E-state index contributed by atoms with van der Waals surface area (Å²) in [6.07, 6.45) is 1.25. The van der Waals surface area contributed by atoms with E-state index in [0.717, 1.165) is 13.0 Å². The molecule has 0 spiro atoms. The van der Waals surface area contributed by atoms with Crippen molar-refractivity contribution in [3.05, 3.63) is 22.8 Å². The molecule has 0 aromatic carbocycles. The molecular weight excluding hydrogens is 280 g/mol. The number of hydrogen-bond donors (Lipinski definition) is 3. The highest BCUT2D eigenvalue weighted by Crippen LogP contribution is 2.17. The van der Waals surface area contributed by atoms with E-state index in [1.807, 2.05) is 6.92 Å². The van der Waals surface area contributed by atoms with E-state index in [4.69, 9.17) is 11.6 Å². The van der Waals surface area contributed by atoms with Crippen molar-refractivity contribution >= 4 is 29.2 Å². The zero-order chi connectivity index (χ0) is 14.5. The molecule has 1 aromatic heterocycles. The lowest BCUT2D eigenvalue weighted by Crippen LogP contribution is -2.36. The molecule has 0 saturated carbocycles. The lowest BCUT2D eigenvalue weighted by atomic mass is 10.2. The second-order valence-electron chi connectivity index (χ2n) is 4.63. The molecule has 1 aromatic rings. The fourth-order valence-corrected chi connectivity index (χ4v) is 2.10. The van der Waals surface area contributed by atoms with Gasteiger partial charge in [-0.2, -0.15) is 0 Å². The summed E-state index contributed by atoms with van der Waals surface area (Å²) in [7, 11) is 0. The molecule has 0 radical (unpaired) electrons. The Morgan fingerprint density at radius 1 is 1.55 bits per heavy atom. The Balaban J connectivity index is 2.06. The predicted molar refractivity (Wildman–Crippen MR) is 76.9 cm³/mol. The number of nitrogens with one attached hydrogen (secondary N) is 3. The number of hydrogen-bond acceptors (Lipinski definition) is 4. The molecule has 0 bridgehead atoms. The SMILES string of the molecule is CCCNc1ccc(Cl)c(C(=O)NC2CNC(=O)C2)n1. The average molecular weight is 297 g/mol. The first-order valence-corrected chi connectivity index (χ1v) is 6.96. The normalized spacial score (nSPS) is 17.7. The quantitative estimate of drug-likeness (QED) is 0.762. The third-order valence-electron chi connectivity index (χ3n) is 2.93. The number of halogens is 1. The molecule has 1 aliphatic rings. The number of anilines is 1. The number of carbonyl (C=O) groups is 2. The van der Waals surface area contributed by atoms with Crippen molar-refractivity contribution in [3.8, 4) is 0 Å². The highest BCUT2D eigenvalue weighted by Gasteiger charge is 2.24. The van der Waals surface area contributed by atoms with Crippen LogP contribution in [0, 0.1) is 0 Å². The second kappa shape index (κ2) is 6.56. The molecule has 7 heteroatoms. The number of pyridine rings is 1. The molecule has 6 nitrogen and oxygen atoms in total. The smallest absolute Gasteiger partial charge is 0.271 e. The van der Waals surface area contributed by atoms with Gasteiger partial charge in [-0.15, -0.1) is 0 Å². The van der Waals surface area contributed by atoms with Gasteiger partial charge in [-0.3, -0.25) is 9.59 Å². The van der Waals surface area contributed by atoms with E-state index >= 15 is 0 Å². The Morgan fingerprint density at radius 3 is 3.00 bits per heavy atom. The highest BCUT2D eigenvalue weighted by atomic mass is 35.5. The van der Waals surface area contributed by atoms with Gasteiger partial charge in [0.25, 0.3) is 5.91 Å². The van der Waals surface area contributed by atoms with Crippen LogP contribution in [0.15, 0.2) is 12.1 Å². The number of amides is 2. The minimum Gasteiger partial charge on any atom is -0.370 e. The van der Waals surface area contributed by atoms with Crippen LogP contribution in [0.4, 0.5) is 5.82 Å². The van der Waals surface area contributed by atoms with Gasteiger partial charge >= 0.3 is 0 Å². The van der Waals surface area contributed by atoms with Crippen LogP contribution in [-0.2, 0) is 4.79 Å². The van der Waals surface area contributed by atoms with Crippen molar-refractivity contribution in [2.24, 2.45) is 0 Å². The maximum absolute atomic E-state index is 12.1. The number of carbonyl (C=O) groups excluding carboxylic acids is 2. The number of rotatable bonds is 5. The maximum atomic E-state index is 12.1. The second-order valence-corrected chi connectivity index (χ2v) is 5.04. The van der Waals surface area contributed by atoms with Gasteiger partial charge in [-0.05, 0) is 18.6 Å². The molecule has 108 valence electrons. The van der Waals surface area contributed by atoms with Gasteiger partial charge in [0.05, 0.1) is 11.1 Å². The summed E-state index contributed by atoms with van der Waals surface area (Å²) in [6, 6.07) is 3.16. The summed E-state index contributed by atoms with van der Waals surface area (Å²) in [5.41, 5.74) is 0.173. The number of nitrogens with zero attached hydrogens (tertiary/aromatic N) is 1. The first kappa shape index (κ1) is 14.6. The summed E-state index contributed by atoms with van der Waals surface area (Å²) >= 11 is 6.01. The highest BCUT2D eigenvalue weighted by molar-refractivity contribution is 6.33. The molecule has 2 heterocycles. The summed E-state index contributed by atoms with van der Waals surface area (Å²) in [5, 5.41) is 8.81. The van der Waals surface area contributed by atoms with Crippen molar-refractivity contribution in [2.45, 2.75) is 25.8 Å². The molecule has 20 heavy (non-hydrogen) atoms. The molecule has 1 fully saturated rings. The first-order valence-electron chi connectivity index (χ1n) is 6.58. The molecule has 1 atom stereocenters. The summed E-state index contributed by atoms with van der Waals surface area (Å²) < 4.78 is 0. The zero-order valence-corrected chi connectivity index (χ0v) is 12.0. The first-order chi connectivity index (χ1) is 9.60. The fourth-order valence-electron chi connectivity index (χ4n) is 1.91. The Bertz CT molecular complexity index is 521.